The second-order valence-electron chi connectivity index (χ2n) is 7.62. The van der Waals surface area contributed by atoms with Crippen molar-refractivity contribution >= 4 is 23.2 Å². The highest BCUT2D eigenvalue weighted by Gasteiger charge is 2.24. The van der Waals surface area contributed by atoms with E-state index in [0.29, 0.717) is 22.5 Å². The Bertz CT molecular complexity index is 903. The average molecular weight is 372 g/mol. The minimum absolute atomic E-state index is 0.183. The number of nitrogens with one attached hydrogen (secondary N) is 2. The first-order valence-corrected chi connectivity index (χ1v) is 9.22. The Morgan fingerprint density at radius 2 is 1.00 bits per heavy atom. The molecule has 0 radical (unpaired) electrons. The molecule has 3 aromatic carbocycles. The van der Waals surface area contributed by atoms with Crippen LogP contribution < -0.4 is 10.6 Å². The van der Waals surface area contributed by atoms with Gasteiger partial charge in [-0.25, -0.2) is 0 Å². The zero-order chi connectivity index (χ0) is 20.1. The van der Waals surface area contributed by atoms with Gasteiger partial charge in [-0.15, -0.1) is 0 Å². The number of rotatable bonds is 4. The quantitative estimate of drug-likeness (QED) is 0.636. The van der Waals surface area contributed by atoms with Crippen LogP contribution >= 0.6 is 0 Å². The highest BCUT2D eigenvalue weighted by Crippen LogP contribution is 2.36. The van der Waals surface area contributed by atoms with Gasteiger partial charge in [-0.2, -0.15) is 0 Å². The fraction of sp³-hybridized carbons (Fsp3) is 0.167. The minimum atomic E-state index is -0.292. The van der Waals surface area contributed by atoms with Crippen molar-refractivity contribution in [1.82, 2.24) is 0 Å². The van der Waals surface area contributed by atoms with Crippen molar-refractivity contribution in [1.29, 1.82) is 0 Å². The van der Waals surface area contributed by atoms with E-state index in [-0.39, 0.29) is 17.2 Å². The number of benzene rings is 3. The van der Waals surface area contributed by atoms with Gasteiger partial charge in [0.05, 0.1) is 0 Å². The van der Waals surface area contributed by atoms with Crippen LogP contribution in [0.25, 0.3) is 0 Å². The first-order chi connectivity index (χ1) is 13.4. The van der Waals surface area contributed by atoms with Crippen LogP contribution in [0, 0.1) is 0 Å². The van der Waals surface area contributed by atoms with E-state index >= 15 is 0 Å². The second-order valence-corrected chi connectivity index (χ2v) is 7.62. The lowest BCUT2D eigenvalue weighted by Crippen LogP contribution is -2.22. The molecule has 0 saturated heterocycles. The summed E-state index contributed by atoms with van der Waals surface area (Å²) in [7, 11) is 0. The zero-order valence-corrected chi connectivity index (χ0v) is 16.3. The molecule has 2 amide bonds. The smallest absolute Gasteiger partial charge is 0.255 e. The fourth-order valence-corrected chi connectivity index (χ4v) is 3.14. The average Bonchev–Trinajstić information content (AvgIpc) is 2.68. The van der Waals surface area contributed by atoms with Gasteiger partial charge in [0.1, 0.15) is 0 Å². The van der Waals surface area contributed by atoms with E-state index in [1.54, 1.807) is 24.3 Å². The molecule has 0 aliphatic heterocycles. The van der Waals surface area contributed by atoms with E-state index < -0.39 is 0 Å². The van der Waals surface area contributed by atoms with E-state index in [4.69, 9.17) is 0 Å². The van der Waals surface area contributed by atoms with Gasteiger partial charge in [-0.3, -0.25) is 9.59 Å². The van der Waals surface area contributed by atoms with E-state index in [0.717, 1.165) is 5.56 Å². The molecule has 4 nitrogen and oxygen atoms in total. The molecule has 0 unspecified atom stereocenters. The maximum atomic E-state index is 12.6. The van der Waals surface area contributed by atoms with E-state index in [9.17, 15) is 9.59 Å². The fourth-order valence-electron chi connectivity index (χ4n) is 3.14. The van der Waals surface area contributed by atoms with Crippen LogP contribution in [0.3, 0.4) is 0 Å². The molecule has 0 bridgehead atoms. The van der Waals surface area contributed by atoms with Crippen molar-refractivity contribution in [2.75, 3.05) is 10.6 Å². The summed E-state index contributed by atoms with van der Waals surface area (Å²) in [4.78, 5) is 25.3. The Morgan fingerprint density at radius 3 is 1.36 bits per heavy atom. The van der Waals surface area contributed by atoms with Crippen LogP contribution in [-0.4, -0.2) is 11.8 Å². The summed E-state index contributed by atoms with van der Waals surface area (Å²) in [5.41, 5.74) is 3.13. The topological polar surface area (TPSA) is 58.2 Å². The predicted octanol–water partition coefficient (Wildman–Crippen LogP) is 5.49. The zero-order valence-electron chi connectivity index (χ0n) is 16.3. The third kappa shape index (κ3) is 4.46. The number of amides is 2. The van der Waals surface area contributed by atoms with Crippen molar-refractivity contribution in [2.24, 2.45) is 0 Å². The van der Waals surface area contributed by atoms with Crippen molar-refractivity contribution < 1.29 is 9.59 Å². The summed E-state index contributed by atoms with van der Waals surface area (Å²) in [6, 6.07) is 23.7. The summed E-state index contributed by atoms with van der Waals surface area (Å²) in [6.07, 6.45) is 0. The molecule has 0 atom stereocenters. The molecular formula is C24H24N2O2. The molecule has 3 aromatic rings. The maximum absolute atomic E-state index is 12.6. The van der Waals surface area contributed by atoms with Gasteiger partial charge in [-0.05, 0) is 41.8 Å². The van der Waals surface area contributed by atoms with Crippen molar-refractivity contribution in [3.8, 4) is 0 Å². The van der Waals surface area contributed by atoms with Gasteiger partial charge in [0.25, 0.3) is 11.8 Å². The molecule has 0 aliphatic rings. The summed E-state index contributed by atoms with van der Waals surface area (Å²) < 4.78 is 0. The normalized spacial score (nSPS) is 11.0. The van der Waals surface area contributed by atoms with Gasteiger partial charge in [0.15, 0.2) is 0 Å². The molecule has 0 heterocycles. The number of anilines is 2. The highest BCUT2D eigenvalue weighted by molar-refractivity contribution is 6.07. The minimum Gasteiger partial charge on any atom is -0.322 e. The molecular weight excluding hydrogens is 348 g/mol. The Morgan fingerprint density at radius 1 is 0.607 bits per heavy atom. The molecule has 0 aliphatic carbocycles. The summed E-state index contributed by atoms with van der Waals surface area (Å²) in [5, 5.41) is 5.99. The largest absolute Gasteiger partial charge is 0.322 e. The van der Waals surface area contributed by atoms with Crippen LogP contribution in [0.4, 0.5) is 11.4 Å². The second kappa shape index (κ2) is 8.09. The Labute approximate surface area is 165 Å². The van der Waals surface area contributed by atoms with Crippen LogP contribution in [0.5, 0.6) is 0 Å². The predicted molar refractivity (Wildman–Crippen MR) is 114 cm³/mol. The van der Waals surface area contributed by atoms with Crippen LogP contribution in [0.15, 0.2) is 78.9 Å². The molecule has 2 N–H and O–H groups in total. The molecule has 0 fully saturated rings. The van der Waals surface area contributed by atoms with Crippen molar-refractivity contribution in [3.05, 3.63) is 95.6 Å². The van der Waals surface area contributed by atoms with Gasteiger partial charge in [-0.1, -0.05) is 63.2 Å². The van der Waals surface area contributed by atoms with E-state index in [2.05, 4.69) is 31.4 Å². The molecule has 3 rings (SSSR count). The third-order valence-electron chi connectivity index (χ3n) is 4.38. The molecule has 142 valence electrons. The summed E-state index contributed by atoms with van der Waals surface area (Å²) >= 11 is 0. The van der Waals surface area contributed by atoms with Crippen LogP contribution in [0.2, 0.25) is 0 Å². The summed E-state index contributed by atoms with van der Waals surface area (Å²) in [5.74, 6) is -0.365. The molecule has 0 aromatic heterocycles. The first kappa shape index (κ1) is 19.4. The van der Waals surface area contributed by atoms with Crippen molar-refractivity contribution in [3.63, 3.8) is 0 Å². The standard InChI is InChI=1S/C24H24N2O2/c1-24(2,3)21-19(25-22(27)17-11-6-4-7-12-17)15-10-16-20(21)26-23(28)18-13-8-5-9-14-18/h4-16H,1-3H3,(H,25,27)(H,26,28). The molecule has 28 heavy (non-hydrogen) atoms. The van der Waals surface area contributed by atoms with Crippen LogP contribution in [0.1, 0.15) is 47.1 Å². The third-order valence-corrected chi connectivity index (χ3v) is 4.38. The van der Waals surface area contributed by atoms with Gasteiger partial charge in [0, 0.05) is 28.1 Å². The summed E-state index contributed by atoms with van der Waals surface area (Å²) in [6.45, 7) is 6.16. The van der Waals surface area contributed by atoms with Gasteiger partial charge < -0.3 is 10.6 Å². The number of carbonyl (C=O) groups excluding carboxylic acids is 2. The monoisotopic (exact) mass is 372 g/mol. The van der Waals surface area contributed by atoms with E-state index in [1.165, 1.54) is 0 Å². The molecule has 0 saturated carbocycles. The Balaban J connectivity index is 1.94. The van der Waals surface area contributed by atoms with Gasteiger partial charge in [0.2, 0.25) is 0 Å². The first-order valence-electron chi connectivity index (χ1n) is 9.22. The van der Waals surface area contributed by atoms with Crippen molar-refractivity contribution in [2.45, 2.75) is 26.2 Å². The number of carbonyl (C=O) groups is 2. The van der Waals surface area contributed by atoms with Crippen LogP contribution in [-0.2, 0) is 5.41 Å². The lowest BCUT2D eigenvalue weighted by atomic mass is 9.84. The Hall–Kier alpha value is -3.40. The highest BCUT2D eigenvalue weighted by atomic mass is 16.2. The lowest BCUT2D eigenvalue weighted by Gasteiger charge is -2.26. The molecule has 4 heteroatoms. The van der Waals surface area contributed by atoms with E-state index in [1.807, 2.05) is 54.6 Å². The van der Waals surface area contributed by atoms with Gasteiger partial charge >= 0.3 is 0 Å². The Kier molecular flexibility index (Phi) is 5.59. The maximum Gasteiger partial charge on any atom is 0.255 e. The lowest BCUT2D eigenvalue weighted by molar-refractivity contribution is 0.101. The number of hydrogen-bond donors (Lipinski definition) is 2. The molecule has 0 spiro atoms. The number of hydrogen-bond acceptors (Lipinski definition) is 2. The SMILES string of the molecule is CC(C)(C)c1c(NC(=O)c2ccccc2)cccc1NC(=O)c1ccccc1.